The summed E-state index contributed by atoms with van der Waals surface area (Å²) in [5, 5.41) is 21.7. The molecule has 0 amide bonds. The van der Waals surface area contributed by atoms with E-state index in [2.05, 4.69) is 60.5 Å². The second-order valence-electron chi connectivity index (χ2n) is 5.05. The molecule has 0 spiro atoms. The molecule has 2 aromatic carbocycles. The molecule has 0 saturated carbocycles. The van der Waals surface area contributed by atoms with E-state index in [9.17, 15) is 5.11 Å². The summed E-state index contributed by atoms with van der Waals surface area (Å²) >= 11 is 9.58. The number of aryl methyl sites for hydroxylation is 1. The summed E-state index contributed by atoms with van der Waals surface area (Å²) in [7, 11) is 0. The van der Waals surface area contributed by atoms with Crippen LogP contribution < -0.4 is 0 Å². The molecule has 0 aliphatic rings. The van der Waals surface area contributed by atoms with Gasteiger partial charge in [-0.3, -0.25) is 0 Å². The average molecular weight is 562 g/mol. The number of rotatable bonds is 3. The molecule has 0 unspecified atom stereocenters. The number of phenols is 1. The number of aromatic amines is 1. The highest BCUT2D eigenvalue weighted by Gasteiger charge is 2.11. The summed E-state index contributed by atoms with van der Waals surface area (Å²) in [6.07, 6.45) is 1.59. The second-order valence-corrected chi connectivity index (χ2v) is 7.84. The number of nitrogens with zero attached hydrogens (tertiary/aromatic N) is 3. The van der Waals surface area contributed by atoms with Crippen molar-refractivity contribution in [1.29, 1.82) is 0 Å². The van der Waals surface area contributed by atoms with Crippen molar-refractivity contribution in [2.24, 2.45) is 5.10 Å². The number of halogens is 2. The summed E-state index contributed by atoms with van der Waals surface area (Å²) in [4.78, 5) is 0. The smallest absolute Gasteiger partial charge is 0.216 e. The van der Waals surface area contributed by atoms with Gasteiger partial charge in [0.15, 0.2) is 5.82 Å². The molecule has 0 aliphatic carbocycles. The third kappa shape index (κ3) is 3.54. The van der Waals surface area contributed by atoms with E-state index in [1.54, 1.807) is 10.9 Å². The highest BCUT2D eigenvalue weighted by atomic mass is 127. The maximum absolute atomic E-state index is 10.2. The first-order valence-corrected chi connectivity index (χ1v) is 9.49. The number of aromatic nitrogens is 3. The van der Waals surface area contributed by atoms with Gasteiger partial charge in [0.1, 0.15) is 5.75 Å². The van der Waals surface area contributed by atoms with Crippen LogP contribution in [0, 0.1) is 18.8 Å². The lowest BCUT2D eigenvalue weighted by atomic mass is 10.1. The molecule has 0 fully saturated rings. The normalized spacial score (nSPS) is 11.3. The first kappa shape index (κ1) is 17.5. The first-order valence-electron chi connectivity index (χ1n) is 6.93. The van der Waals surface area contributed by atoms with E-state index in [1.807, 2.05) is 43.3 Å². The maximum Gasteiger partial charge on any atom is 0.216 e. The number of H-pyrrole nitrogens is 1. The van der Waals surface area contributed by atoms with Gasteiger partial charge in [0, 0.05) is 14.7 Å². The highest BCUT2D eigenvalue weighted by Crippen LogP contribution is 2.26. The topological polar surface area (TPSA) is 66.2 Å². The van der Waals surface area contributed by atoms with E-state index in [0.29, 0.717) is 16.2 Å². The van der Waals surface area contributed by atoms with Gasteiger partial charge in [0.05, 0.1) is 9.78 Å². The Bertz CT molecular complexity index is 994. The predicted octanol–water partition coefficient (Wildman–Crippen LogP) is 4.71. The molecule has 24 heavy (non-hydrogen) atoms. The SMILES string of the molecule is Cc1ccccc1-c1n[nH]c(=S)n1/N=C\c1cc(I)cc(I)c1O. The van der Waals surface area contributed by atoms with E-state index < -0.39 is 0 Å². The quantitative estimate of drug-likeness (QED) is 0.276. The van der Waals surface area contributed by atoms with Crippen LogP contribution in [0.5, 0.6) is 5.75 Å². The van der Waals surface area contributed by atoms with Gasteiger partial charge in [-0.2, -0.15) is 14.9 Å². The van der Waals surface area contributed by atoms with Crippen molar-refractivity contribution >= 4 is 63.6 Å². The van der Waals surface area contributed by atoms with E-state index in [-0.39, 0.29) is 5.75 Å². The van der Waals surface area contributed by atoms with Crippen molar-refractivity contribution in [2.45, 2.75) is 6.92 Å². The Kier molecular flexibility index (Phi) is 5.35. The van der Waals surface area contributed by atoms with Crippen molar-refractivity contribution in [1.82, 2.24) is 14.9 Å². The van der Waals surface area contributed by atoms with Crippen LogP contribution in [-0.2, 0) is 0 Å². The lowest BCUT2D eigenvalue weighted by molar-refractivity contribution is 0.470. The van der Waals surface area contributed by atoms with Crippen LogP contribution in [-0.4, -0.2) is 26.2 Å². The van der Waals surface area contributed by atoms with Gasteiger partial charge in [-0.15, -0.1) is 0 Å². The molecular weight excluding hydrogens is 550 g/mol. The molecule has 0 bridgehead atoms. The molecule has 122 valence electrons. The molecule has 1 aromatic heterocycles. The molecule has 0 saturated heterocycles. The Hall–Kier alpha value is -1.27. The Morgan fingerprint density at radius 3 is 2.79 bits per heavy atom. The van der Waals surface area contributed by atoms with E-state index in [0.717, 1.165) is 18.3 Å². The highest BCUT2D eigenvalue weighted by molar-refractivity contribution is 14.1. The zero-order valence-corrected chi connectivity index (χ0v) is 17.6. The van der Waals surface area contributed by atoms with Crippen LogP contribution in [0.25, 0.3) is 11.4 Å². The third-order valence-electron chi connectivity index (χ3n) is 3.41. The molecule has 1 heterocycles. The van der Waals surface area contributed by atoms with Crippen LogP contribution in [0.3, 0.4) is 0 Å². The summed E-state index contributed by atoms with van der Waals surface area (Å²) < 4.78 is 3.75. The second kappa shape index (κ2) is 7.31. The predicted molar refractivity (Wildman–Crippen MR) is 114 cm³/mol. The zero-order valence-electron chi connectivity index (χ0n) is 12.5. The maximum atomic E-state index is 10.2. The van der Waals surface area contributed by atoms with Crippen molar-refractivity contribution in [2.75, 3.05) is 0 Å². The van der Waals surface area contributed by atoms with Crippen LogP contribution >= 0.6 is 57.4 Å². The minimum Gasteiger partial charge on any atom is -0.506 e. The van der Waals surface area contributed by atoms with Gasteiger partial charge in [-0.25, -0.2) is 5.10 Å². The van der Waals surface area contributed by atoms with Gasteiger partial charge in [0.2, 0.25) is 4.77 Å². The summed E-state index contributed by atoms with van der Waals surface area (Å²) in [5.74, 6) is 0.835. The fourth-order valence-corrected chi connectivity index (χ4v) is 4.27. The van der Waals surface area contributed by atoms with Crippen molar-refractivity contribution in [3.63, 3.8) is 0 Å². The standard InChI is InChI=1S/C16H12I2N4OS/c1-9-4-2-3-5-12(9)15-20-21-16(24)22(15)19-8-10-6-11(17)7-13(18)14(10)23/h2-8,23H,1H3,(H,21,24)/b19-8-. The lowest BCUT2D eigenvalue weighted by Gasteiger charge is -2.05. The van der Waals surface area contributed by atoms with Gasteiger partial charge in [-0.1, -0.05) is 24.3 Å². The fraction of sp³-hybridized carbons (Fsp3) is 0.0625. The van der Waals surface area contributed by atoms with Gasteiger partial charge < -0.3 is 5.11 Å². The molecule has 0 radical (unpaired) electrons. The number of hydrogen-bond donors (Lipinski definition) is 2. The Morgan fingerprint density at radius 1 is 1.29 bits per heavy atom. The molecule has 2 N–H and O–H groups in total. The number of hydrogen-bond acceptors (Lipinski definition) is 4. The lowest BCUT2D eigenvalue weighted by Crippen LogP contribution is -1.97. The van der Waals surface area contributed by atoms with Crippen molar-refractivity contribution < 1.29 is 5.11 Å². The Labute approximate surface area is 171 Å². The molecule has 3 rings (SSSR count). The van der Waals surface area contributed by atoms with Crippen molar-refractivity contribution in [3.05, 3.63) is 59.4 Å². The van der Waals surface area contributed by atoms with Gasteiger partial charge >= 0.3 is 0 Å². The number of benzene rings is 2. The van der Waals surface area contributed by atoms with Crippen LogP contribution in [0.2, 0.25) is 0 Å². The van der Waals surface area contributed by atoms with Crippen LogP contribution in [0.1, 0.15) is 11.1 Å². The number of phenolic OH excluding ortho intramolecular Hbond substituents is 1. The summed E-state index contributed by atoms with van der Waals surface area (Å²) in [5.41, 5.74) is 2.66. The van der Waals surface area contributed by atoms with Crippen LogP contribution in [0.15, 0.2) is 41.5 Å². The Morgan fingerprint density at radius 2 is 2.04 bits per heavy atom. The molecule has 0 atom stereocenters. The van der Waals surface area contributed by atoms with E-state index in [1.165, 1.54) is 0 Å². The summed E-state index contributed by atoms with van der Waals surface area (Å²) in [6, 6.07) is 11.7. The monoisotopic (exact) mass is 562 g/mol. The summed E-state index contributed by atoms with van der Waals surface area (Å²) in [6.45, 7) is 2.01. The molecular formula is C16H12I2N4OS. The van der Waals surface area contributed by atoms with E-state index >= 15 is 0 Å². The van der Waals surface area contributed by atoms with Crippen molar-refractivity contribution in [3.8, 4) is 17.1 Å². The molecule has 5 nitrogen and oxygen atoms in total. The molecule has 3 aromatic rings. The minimum atomic E-state index is 0.201. The first-order chi connectivity index (χ1) is 11.5. The fourth-order valence-electron chi connectivity index (χ4n) is 2.20. The molecule has 8 heteroatoms. The third-order valence-corrected chi connectivity index (χ3v) is 5.12. The van der Waals surface area contributed by atoms with Gasteiger partial charge in [0.25, 0.3) is 0 Å². The number of nitrogens with one attached hydrogen (secondary N) is 1. The number of aromatic hydroxyl groups is 1. The largest absolute Gasteiger partial charge is 0.506 e. The average Bonchev–Trinajstić information content (AvgIpc) is 2.90. The van der Waals surface area contributed by atoms with Crippen LogP contribution in [0.4, 0.5) is 0 Å². The Balaban J connectivity index is 2.08. The zero-order chi connectivity index (χ0) is 17.3. The van der Waals surface area contributed by atoms with E-state index in [4.69, 9.17) is 12.2 Å². The minimum absolute atomic E-state index is 0.201. The van der Waals surface area contributed by atoms with Gasteiger partial charge in [-0.05, 0) is 82.0 Å². The molecule has 0 aliphatic heterocycles.